The van der Waals surface area contributed by atoms with Crippen LogP contribution in [-0.4, -0.2) is 26.0 Å². The van der Waals surface area contributed by atoms with Gasteiger partial charge >= 0.3 is 6.18 Å². The lowest BCUT2D eigenvalue weighted by atomic mass is 10.1. The van der Waals surface area contributed by atoms with Gasteiger partial charge in [-0.2, -0.15) is 13.2 Å². The summed E-state index contributed by atoms with van der Waals surface area (Å²) in [6, 6.07) is 4.50. The Kier molecular flexibility index (Phi) is 3.30. The zero-order valence-electron chi connectivity index (χ0n) is 8.19. The van der Waals surface area contributed by atoms with Crippen molar-refractivity contribution in [2.45, 2.75) is 17.2 Å². The maximum absolute atomic E-state index is 12.3. The average Bonchev–Trinajstić information content (AvgIpc) is 2.14. The number of sulfone groups is 1. The van der Waals surface area contributed by atoms with E-state index in [4.69, 9.17) is 5.11 Å². The van der Waals surface area contributed by atoms with Gasteiger partial charge in [-0.3, -0.25) is 0 Å². The summed E-state index contributed by atoms with van der Waals surface area (Å²) in [6.45, 7) is 0. The zero-order valence-corrected chi connectivity index (χ0v) is 9.01. The Balaban J connectivity index is 3.36. The SMILES string of the molecule is CS(=O)(=O)c1ccccc1[C@H](O)C(F)(F)F. The molecule has 0 unspecified atom stereocenters. The number of rotatable bonds is 2. The van der Waals surface area contributed by atoms with Gasteiger partial charge in [0.25, 0.3) is 0 Å². The third-order valence-corrected chi connectivity index (χ3v) is 3.09. The Morgan fingerprint density at radius 1 is 1.25 bits per heavy atom. The predicted octanol–water partition coefficient (Wildman–Crippen LogP) is 1.69. The first kappa shape index (κ1) is 13.0. The highest BCUT2D eigenvalue weighted by Gasteiger charge is 2.41. The fraction of sp³-hybridized carbons (Fsp3) is 0.333. The van der Waals surface area contributed by atoms with E-state index in [1.807, 2.05) is 0 Å². The lowest BCUT2D eigenvalue weighted by molar-refractivity contribution is -0.207. The molecule has 0 radical (unpaired) electrons. The molecule has 1 aromatic carbocycles. The molecular weight excluding hydrogens is 245 g/mol. The van der Waals surface area contributed by atoms with E-state index >= 15 is 0 Å². The Morgan fingerprint density at radius 3 is 2.19 bits per heavy atom. The quantitative estimate of drug-likeness (QED) is 0.873. The molecule has 3 nitrogen and oxygen atoms in total. The second-order valence-corrected chi connectivity index (χ2v) is 5.24. The van der Waals surface area contributed by atoms with Gasteiger partial charge in [0.05, 0.1) is 4.90 Å². The maximum Gasteiger partial charge on any atom is 0.418 e. The molecule has 0 aliphatic carbocycles. The summed E-state index contributed by atoms with van der Waals surface area (Å²) in [6.07, 6.45) is -6.89. The van der Waals surface area contributed by atoms with E-state index in [2.05, 4.69) is 0 Å². The Bertz CT molecular complexity index is 479. The van der Waals surface area contributed by atoms with Gasteiger partial charge in [-0.25, -0.2) is 8.42 Å². The molecule has 1 aromatic rings. The van der Waals surface area contributed by atoms with Crippen LogP contribution in [0.15, 0.2) is 29.2 Å². The van der Waals surface area contributed by atoms with Crippen molar-refractivity contribution in [3.63, 3.8) is 0 Å². The molecule has 0 heterocycles. The second-order valence-electron chi connectivity index (χ2n) is 3.25. The van der Waals surface area contributed by atoms with Crippen molar-refractivity contribution in [3.05, 3.63) is 29.8 Å². The number of alkyl halides is 3. The van der Waals surface area contributed by atoms with Gasteiger partial charge in [-0.1, -0.05) is 18.2 Å². The monoisotopic (exact) mass is 254 g/mol. The maximum atomic E-state index is 12.3. The molecule has 90 valence electrons. The van der Waals surface area contributed by atoms with Gasteiger partial charge in [-0.15, -0.1) is 0 Å². The first-order valence-corrected chi connectivity index (χ1v) is 6.07. The molecule has 16 heavy (non-hydrogen) atoms. The van der Waals surface area contributed by atoms with Gasteiger partial charge in [0.1, 0.15) is 0 Å². The highest BCUT2D eigenvalue weighted by Crippen LogP contribution is 2.35. The van der Waals surface area contributed by atoms with Crippen molar-refractivity contribution in [1.29, 1.82) is 0 Å². The highest BCUT2D eigenvalue weighted by molar-refractivity contribution is 7.90. The van der Waals surface area contributed by atoms with Crippen LogP contribution < -0.4 is 0 Å². The van der Waals surface area contributed by atoms with Crippen LogP contribution in [0.3, 0.4) is 0 Å². The first-order valence-electron chi connectivity index (χ1n) is 4.18. The molecule has 1 atom stereocenters. The molecule has 7 heteroatoms. The fourth-order valence-electron chi connectivity index (χ4n) is 1.22. The van der Waals surface area contributed by atoms with Crippen molar-refractivity contribution in [3.8, 4) is 0 Å². The summed E-state index contributed by atoms with van der Waals surface area (Å²) in [7, 11) is -3.80. The zero-order chi connectivity index (χ0) is 12.6. The van der Waals surface area contributed by atoms with Gasteiger partial charge in [0.15, 0.2) is 15.9 Å². The van der Waals surface area contributed by atoms with E-state index in [1.54, 1.807) is 0 Å². The fourth-order valence-corrected chi connectivity index (χ4v) is 2.15. The standard InChI is InChI=1S/C9H9F3O3S/c1-16(14,15)7-5-3-2-4-6(7)8(13)9(10,11)12/h2-5,8,13H,1H3/t8-/m0/s1. The van der Waals surface area contributed by atoms with Crippen LogP contribution in [0.25, 0.3) is 0 Å². The third kappa shape index (κ3) is 2.73. The molecule has 0 saturated carbocycles. The summed E-state index contributed by atoms with van der Waals surface area (Å²) in [4.78, 5) is -0.514. The molecule has 0 amide bonds. The molecule has 0 aliphatic heterocycles. The van der Waals surface area contributed by atoms with Crippen molar-refractivity contribution in [2.75, 3.05) is 6.26 Å². The number of benzene rings is 1. The van der Waals surface area contributed by atoms with Crippen LogP contribution in [0.1, 0.15) is 11.7 Å². The van der Waals surface area contributed by atoms with Gasteiger partial charge < -0.3 is 5.11 Å². The second kappa shape index (κ2) is 4.06. The van der Waals surface area contributed by atoms with Crippen LogP contribution in [0.5, 0.6) is 0 Å². The summed E-state index contributed by atoms with van der Waals surface area (Å²) in [5, 5.41) is 9.01. The summed E-state index contributed by atoms with van der Waals surface area (Å²) in [5.41, 5.74) is -0.655. The minimum Gasteiger partial charge on any atom is -0.379 e. The molecule has 0 fully saturated rings. The molecule has 1 rings (SSSR count). The van der Waals surface area contributed by atoms with E-state index in [0.717, 1.165) is 18.4 Å². The van der Waals surface area contributed by atoms with Crippen LogP contribution in [0.4, 0.5) is 13.2 Å². The van der Waals surface area contributed by atoms with Crippen LogP contribution in [-0.2, 0) is 9.84 Å². The van der Waals surface area contributed by atoms with E-state index in [9.17, 15) is 21.6 Å². The van der Waals surface area contributed by atoms with Crippen molar-refractivity contribution < 1.29 is 26.7 Å². The number of hydrogen-bond acceptors (Lipinski definition) is 3. The third-order valence-electron chi connectivity index (χ3n) is 1.92. The Hall–Kier alpha value is -1.08. The summed E-state index contributed by atoms with van der Waals surface area (Å²) >= 11 is 0. The minimum absolute atomic E-state index is 0.514. The number of hydrogen-bond donors (Lipinski definition) is 1. The van der Waals surface area contributed by atoms with E-state index in [-0.39, 0.29) is 0 Å². The van der Waals surface area contributed by atoms with Gasteiger partial charge in [0.2, 0.25) is 0 Å². The molecular formula is C9H9F3O3S. The minimum atomic E-state index is -4.89. The van der Waals surface area contributed by atoms with Crippen LogP contribution >= 0.6 is 0 Å². The molecule has 0 saturated heterocycles. The van der Waals surface area contributed by atoms with Gasteiger partial charge in [-0.05, 0) is 6.07 Å². The average molecular weight is 254 g/mol. The smallest absolute Gasteiger partial charge is 0.379 e. The van der Waals surface area contributed by atoms with Crippen molar-refractivity contribution in [1.82, 2.24) is 0 Å². The highest BCUT2D eigenvalue weighted by atomic mass is 32.2. The molecule has 0 aliphatic rings. The van der Waals surface area contributed by atoms with E-state index < -0.39 is 32.6 Å². The largest absolute Gasteiger partial charge is 0.418 e. The Labute approximate surface area is 90.4 Å². The molecule has 0 aromatic heterocycles. The number of halogens is 3. The van der Waals surface area contributed by atoms with Gasteiger partial charge in [0, 0.05) is 11.8 Å². The van der Waals surface area contributed by atoms with Crippen molar-refractivity contribution in [2.24, 2.45) is 0 Å². The molecule has 0 spiro atoms. The molecule has 0 bridgehead atoms. The lowest BCUT2D eigenvalue weighted by Crippen LogP contribution is -2.22. The Morgan fingerprint density at radius 2 is 1.75 bits per heavy atom. The number of aliphatic hydroxyl groups is 1. The topological polar surface area (TPSA) is 54.4 Å². The summed E-state index contributed by atoms with van der Waals surface area (Å²) in [5.74, 6) is 0. The van der Waals surface area contributed by atoms with Crippen molar-refractivity contribution >= 4 is 9.84 Å². The first-order chi connectivity index (χ1) is 7.14. The van der Waals surface area contributed by atoms with E-state index in [1.165, 1.54) is 12.1 Å². The normalized spacial score (nSPS) is 14.8. The summed E-state index contributed by atoms with van der Waals surface area (Å²) < 4.78 is 59.2. The van der Waals surface area contributed by atoms with E-state index in [0.29, 0.717) is 0 Å². The predicted molar refractivity (Wildman–Crippen MR) is 50.6 cm³/mol. The van der Waals surface area contributed by atoms with Crippen LogP contribution in [0.2, 0.25) is 0 Å². The molecule has 1 N–H and O–H groups in total. The lowest BCUT2D eigenvalue weighted by Gasteiger charge is -2.17. The number of aliphatic hydroxyl groups excluding tert-OH is 1. The van der Waals surface area contributed by atoms with Crippen LogP contribution in [0, 0.1) is 0 Å².